The molecule has 0 aromatic heterocycles. The summed E-state index contributed by atoms with van der Waals surface area (Å²) >= 11 is 0. The number of aliphatic hydroxyl groups excluding tert-OH is 1. The third kappa shape index (κ3) is 2.35. The van der Waals surface area contributed by atoms with Gasteiger partial charge in [-0.1, -0.05) is 39.0 Å². The monoisotopic (exact) mass is 210 g/mol. The van der Waals surface area contributed by atoms with Gasteiger partial charge >= 0.3 is 0 Å². The zero-order chi connectivity index (χ0) is 11.7. The molecule has 0 aromatic rings. The standard InChI is InChI=1S/C13H22O2/c1-10-6-5-8-12(3,4)13(10,15)9-7-11(2)14/h10-11,14-15H,5-6,8H2,1-4H3/t10-,11-,13+/m1/s1. The largest absolute Gasteiger partial charge is 0.381 e. The second kappa shape index (κ2) is 4.15. The Kier molecular flexibility index (Phi) is 3.48. The summed E-state index contributed by atoms with van der Waals surface area (Å²) < 4.78 is 0. The summed E-state index contributed by atoms with van der Waals surface area (Å²) in [5.41, 5.74) is -1.14. The topological polar surface area (TPSA) is 40.5 Å². The van der Waals surface area contributed by atoms with E-state index in [1.54, 1.807) is 6.92 Å². The third-order valence-corrected chi connectivity index (χ3v) is 3.66. The van der Waals surface area contributed by atoms with E-state index in [4.69, 9.17) is 5.11 Å². The Balaban J connectivity index is 3.00. The highest BCUT2D eigenvalue weighted by Gasteiger charge is 2.48. The average Bonchev–Trinajstić information content (AvgIpc) is 2.11. The lowest BCUT2D eigenvalue weighted by Gasteiger charge is -2.47. The lowest BCUT2D eigenvalue weighted by atomic mass is 9.61. The maximum absolute atomic E-state index is 10.6. The molecular weight excluding hydrogens is 188 g/mol. The molecule has 3 atom stereocenters. The molecule has 0 aliphatic heterocycles. The van der Waals surface area contributed by atoms with E-state index in [1.165, 1.54) is 0 Å². The highest BCUT2D eigenvalue weighted by Crippen LogP contribution is 2.46. The second-order valence-electron chi connectivity index (χ2n) is 5.39. The van der Waals surface area contributed by atoms with Gasteiger partial charge in [0.25, 0.3) is 0 Å². The quantitative estimate of drug-likeness (QED) is 0.600. The first-order chi connectivity index (χ1) is 6.79. The Labute approximate surface area is 92.7 Å². The Bertz CT molecular complexity index is 283. The fraction of sp³-hybridized carbons (Fsp3) is 0.846. The van der Waals surface area contributed by atoms with Gasteiger partial charge in [0.2, 0.25) is 0 Å². The molecule has 1 rings (SSSR count). The number of hydrogen-bond acceptors (Lipinski definition) is 2. The zero-order valence-electron chi connectivity index (χ0n) is 10.2. The first kappa shape index (κ1) is 12.5. The fourth-order valence-corrected chi connectivity index (χ4v) is 2.42. The number of hydrogen-bond donors (Lipinski definition) is 2. The molecular formula is C13H22O2. The molecule has 0 heterocycles. The molecule has 1 aliphatic carbocycles. The molecule has 0 unspecified atom stereocenters. The summed E-state index contributed by atoms with van der Waals surface area (Å²) in [5.74, 6) is 5.76. The highest BCUT2D eigenvalue weighted by molar-refractivity contribution is 5.23. The molecule has 15 heavy (non-hydrogen) atoms. The number of aliphatic hydroxyl groups is 2. The second-order valence-corrected chi connectivity index (χ2v) is 5.39. The molecule has 1 aliphatic rings. The number of rotatable bonds is 0. The molecule has 0 amide bonds. The minimum absolute atomic E-state index is 0.174. The van der Waals surface area contributed by atoms with E-state index in [1.807, 2.05) is 6.92 Å². The van der Waals surface area contributed by atoms with Crippen molar-refractivity contribution in [3.05, 3.63) is 0 Å². The van der Waals surface area contributed by atoms with Crippen molar-refractivity contribution in [1.29, 1.82) is 0 Å². The summed E-state index contributed by atoms with van der Waals surface area (Å²) in [6, 6.07) is 0. The SMILES string of the molecule is C[C@@H]1CCCC(C)(C)[C@]1(O)C#C[C@@H](C)O. The van der Waals surface area contributed by atoms with Crippen molar-refractivity contribution >= 4 is 0 Å². The molecule has 1 saturated carbocycles. The first-order valence-corrected chi connectivity index (χ1v) is 5.73. The van der Waals surface area contributed by atoms with Crippen molar-refractivity contribution in [2.24, 2.45) is 11.3 Å². The van der Waals surface area contributed by atoms with E-state index in [-0.39, 0.29) is 11.3 Å². The lowest BCUT2D eigenvalue weighted by Crippen LogP contribution is -2.51. The Morgan fingerprint density at radius 1 is 1.40 bits per heavy atom. The zero-order valence-corrected chi connectivity index (χ0v) is 10.2. The predicted octanol–water partition coefficient (Wildman–Crippen LogP) is 1.95. The third-order valence-electron chi connectivity index (χ3n) is 3.66. The summed E-state index contributed by atoms with van der Waals surface area (Å²) in [5, 5.41) is 19.8. The van der Waals surface area contributed by atoms with Crippen molar-refractivity contribution in [1.82, 2.24) is 0 Å². The van der Waals surface area contributed by atoms with Crippen LogP contribution in [-0.2, 0) is 0 Å². The fourth-order valence-electron chi connectivity index (χ4n) is 2.42. The van der Waals surface area contributed by atoms with Crippen LogP contribution in [0, 0.1) is 23.2 Å². The summed E-state index contributed by atoms with van der Waals surface area (Å²) in [6.45, 7) is 7.77. The van der Waals surface area contributed by atoms with Crippen LogP contribution in [-0.4, -0.2) is 21.9 Å². The van der Waals surface area contributed by atoms with Crippen molar-refractivity contribution in [2.45, 2.75) is 58.7 Å². The van der Waals surface area contributed by atoms with Gasteiger partial charge in [-0.15, -0.1) is 0 Å². The van der Waals surface area contributed by atoms with Gasteiger partial charge in [-0.2, -0.15) is 0 Å². The van der Waals surface area contributed by atoms with Gasteiger partial charge in [-0.25, -0.2) is 0 Å². The summed E-state index contributed by atoms with van der Waals surface area (Å²) in [4.78, 5) is 0. The van der Waals surface area contributed by atoms with Crippen LogP contribution in [0.2, 0.25) is 0 Å². The maximum Gasteiger partial charge on any atom is 0.133 e. The van der Waals surface area contributed by atoms with Crippen molar-refractivity contribution in [3.63, 3.8) is 0 Å². The van der Waals surface area contributed by atoms with Crippen LogP contribution in [0.15, 0.2) is 0 Å². The highest BCUT2D eigenvalue weighted by atomic mass is 16.3. The van der Waals surface area contributed by atoms with E-state index in [2.05, 4.69) is 25.7 Å². The van der Waals surface area contributed by atoms with Crippen LogP contribution in [0.1, 0.15) is 47.0 Å². The minimum Gasteiger partial charge on any atom is -0.381 e. The van der Waals surface area contributed by atoms with Gasteiger partial charge in [0.15, 0.2) is 0 Å². The van der Waals surface area contributed by atoms with Crippen LogP contribution in [0.5, 0.6) is 0 Å². The van der Waals surface area contributed by atoms with Gasteiger partial charge < -0.3 is 10.2 Å². The van der Waals surface area contributed by atoms with E-state index in [0.717, 1.165) is 19.3 Å². The maximum atomic E-state index is 10.6. The van der Waals surface area contributed by atoms with E-state index in [9.17, 15) is 5.11 Å². The molecule has 0 saturated heterocycles. The smallest absolute Gasteiger partial charge is 0.133 e. The van der Waals surface area contributed by atoms with E-state index >= 15 is 0 Å². The summed E-state index contributed by atoms with van der Waals surface area (Å²) in [7, 11) is 0. The molecule has 0 aromatic carbocycles. The van der Waals surface area contributed by atoms with Crippen LogP contribution in [0.3, 0.4) is 0 Å². The minimum atomic E-state index is -0.956. The van der Waals surface area contributed by atoms with Gasteiger partial charge in [-0.3, -0.25) is 0 Å². The average molecular weight is 210 g/mol. The van der Waals surface area contributed by atoms with Gasteiger partial charge in [-0.05, 0) is 25.7 Å². The van der Waals surface area contributed by atoms with Gasteiger partial charge in [0, 0.05) is 5.41 Å². The lowest BCUT2D eigenvalue weighted by molar-refractivity contribution is -0.0862. The Morgan fingerprint density at radius 3 is 2.47 bits per heavy atom. The predicted molar refractivity (Wildman–Crippen MR) is 61.2 cm³/mol. The van der Waals surface area contributed by atoms with Gasteiger partial charge in [0.05, 0.1) is 0 Å². The molecule has 1 fully saturated rings. The normalized spacial score (nSPS) is 36.5. The molecule has 0 bridgehead atoms. The molecule has 2 N–H and O–H groups in total. The van der Waals surface area contributed by atoms with Crippen LogP contribution in [0.4, 0.5) is 0 Å². The molecule has 86 valence electrons. The summed E-state index contributed by atoms with van der Waals surface area (Å²) in [6.07, 6.45) is 2.47. The van der Waals surface area contributed by atoms with Crippen LogP contribution < -0.4 is 0 Å². The van der Waals surface area contributed by atoms with Crippen LogP contribution >= 0.6 is 0 Å². The van der Waals surface area contributed by atoms with Gasteiger partial charge in [0.1, 0.15) is 11.7 Å². The first-order valence-electron chi connectivity index (χ1n) is 5.73. The molecule has 2 nitrogen and oxygen atoms in total. The van der Waals surface area contributed by atoms with Crippen LogP contribution in [0.25, 0.3) is 0 Å². The van der Waals surface area contributed by atoms with Crippen molar-refractivity contribution < 1.29 is 10.2 Å². The molecule has 0 spiro atoms. The van der Waals surface area contributed by atoms with Crippen molar-refractivity contribution in [3.8, 4) is 11.8 Å². The van der Waals surface area contributed by atoms with Crippen molar-refractivity contribution in [2.75, 3.05) is 0 Å². The molecule has 2 heteroatoms. The molecule has 0 radical (unpaired) electrons. The Morgan fingerprint density at radius 2 is 2.00 bits per heavy atom. The Hall–Kier alpha value is -0.520. The van der Waals surface area contributed by atoms with E-state index < -0.39 is 11.7 Å². The van der Waals surface area contributed by atoms with E-state index in [0.29, 0.717) is 0 Å².